The molecule has 0 saturated heterocycles. The van der Waals surface area contributed by atoms with E-state index in [2.05, 4.69) is 78.0 Å². The molecule has 0 amide bonds. The molecule has 0 N–H and O–H groups in total. The van der Waals surface area contributed by atoms with Crippen LogP contribution in [0.4, 0.5) is 0 Å². The van der Waals surface area contributed by atoms with E-state index in [1.807, 2.05) is 22.7 Å². The third kappa shape index (κ3) is 3.13. The molecule has 0 radical (unpaired) electrons. The molecule has 0 fully saturated rings. The van der Waals surface area contributed by atoms with E-state index >= 15 is 0 Å². The fourth-order valence-corrected chi connectivity index (χ4v) is 4.83. The Kier molecular flexibility index (Phi) is 3.73. The average Bonchev–Trinajstić information content (AvgIpc) is 2.97. The van der Waals surface area contributed by atoms with E-state index in [9.17, 15) is 0 Å². The number of allylic oxidation sites excluding steroid dienone is 1. The summed E-state index contributed by atoms with van der Waals surface area (Å²) in [6.07, 6.45) is 4.57. The van der Waals surface area contributed by atoms with Gasteiger partial charge in [-0.15, -0.1) is 22.7 Å². The molecule has 0 aliphatic heterocycles. The Bertz CT molecular complexity index is 845. The van der Waals surface area contributed by atoms with Crippen LogP contribution in [0.3, 0.4) is 0 Å². The zero-order valence-corrected chi connectivity index (χ0v) is 15.9. The molecule has 3 aromatic rings. The highest BCUT2D eigenvalue weighted by Gasteiger charge is 2.18. The molecule has 2 heteroatoms. The van der Waals surface area contributed by atoms with Crippen molar-refractivity contribution >= 4 is 48.9 Å². The first kappa shape index (κ1) is 15.8. The standard InChI is InChI=1S/C20H24S2/c1-19(2,3)10-9-15-11-13-7-8-14-12-16(20(4,5)6)22-18(14)17(13)21-15/h7-12H,1-6H3/b10-9+. The fourth-order valence-electron chi connectivity index (χ4n) is 2.40. The number of hydrogen-bond donors (Lipinski definition) is 0. The third-order valence-electron chi connectivity index (χ3n) is 3.68. The Morgan fingerprint density at radius 3 is 2.00 bits per heavy atom. The summed E-state index contributed by atoms with van der Waals surface area (Å²) < 4.78 is 2.88. The summed E-state index contributed by atoms with van der Waals surface area (Å²) >= 11 is 3.87. The number of benzene rings is 1. The van der Waals surface area contributed by atoms with Crippen molar-refractivity contribution in [2.45, 2.75) is 47.0 Å². The van der Waals surface area contributed by atoms with Crippen molar-refractivity contribution in [2.24, 2.45) is 5.41 Å². The molecule has 0 unspecified atom stereocenters. The molecule has 0 nitrogen and oxygen atoms in total. The second kappa shape index (κ2) is 5.21. The topological polar surface area (TPSA) is 0 Å². The summed E-state index contributed by atoms with van der Waals surface area (Å²) in [4.78, 5) is 2.82. The van der Waals surface area contributed by atoms with Crippen LogP contribution >= 0.6 is 22.7 Å². The molecule has 3 rings (SSSR count). The van der Waals surface area contributed by atoms with Crippen LogP contribution in [0.5, 0.6) is 0 Å². The van der Waals surface area contributed by atoms with Gasteiger partial charge in [0.15, 0.2) is 0 Å². The van der Waals surface area contributed by atoms with Crippen molar-refractivity contribution in [3.63, 3.8) is 0 Å². The molecule has 0 saturated carbocycles. The minimum atomic E-state index is 0.224. The van der Waals surface area contributed by atoms with Crippen LogP contribution in [-0.2, 0) is 5.41 Å². The van der Waals surface area contributed by atoms with Crippen LogP contribution in [0, 0.1) is 5.41 Å². The van der Waals surface area contributed by atoms with Gasteiger partial charge in [-0.1, -0.05) is 59.8 Å². The van der Waals surface area contributed by atoms with Crippen LogP contribution in [0.1, 0.15) is 51.3 Å². The Morgan fingerprint density at radius 2 is 1.41 bits per heavy atom. The van der Waals surface area contributed by atoms with Crippen LogP contribution in [-0.4, -0.2) is 0 Å². The van der Waals surface area contributed by atoms with Crippen LogP contribution in [0.25, 0.3) is 26.2 Å². The zero-order chi connectivity index (χ0) is 16.1. The first-order valence-electron chi connectivity index (χ1n) is 7.79. The van der Waals surface area contributed by atoms with E-state index in [0.717, 1.165) is 0 Å². The van der Waals surface area contributed by atoms with E-state index in [4.69, 9.17) is 0 Å². The number of rotatable bonds is 1. The van der Waals surface area contributed by atoms with Gasteiger partial charge in [-0.05, 0) is 39.8 Å². The largest absolute Gasteiger partial charge is 0.138 e. The first-order valence-corrected chi connectivity index (χ1v) is 9.43. The van der Waals surface area contributed by atoms with E-state index in [0.29, 0.717) is 0 Å². The van der Waals surface area contributed by atoms with E-state index in [1.54, 1.807) is 0 Å². The summed E-state index contributed by atoms with van der Waals surface area (Å²) in [7, 11) is 0. The predicted molar refractivity (Wildman–Crippen MR) is 104 cm³/mol. The van der Waals surface area contributed by atoms with Gasteiger partial charge in [-0.25, -0.2) is 0 Å². The summed E-state index contributed by atoms with van der Waals surface area (Å²) in [6.45, 7) is 13.6. The third-order valence-corrected chi connectivity index (χ3v) is 6.53. The van der Waals surface area contributed by atoms with E-state index in [1.165, 1.54) is 29.9 Å². The van der Waals surface area contributed by atoms with Gasteiger partial charge in [0.1, 0.15) is 0 Å². The molecule has 0 atom stereocenters. The quantitative estimate of drug-likeness (QED) is 0.434. The summed E-state index contributed by atoms with van der Waals surface area (Å²) in [5.74, 6) is 0. The van der Waals surface area contributed by atoms with E-state index in [-0.39, 0.29) is 10.8 Å². The molecule has 1 aromatic carbocycles. The van der Waals surface area contributed by atoms with Gasteiger partial charge in [-0.2, -0.15) is 0 Å². The first-order chi connectivity index (χ1) is 10.1. The SMILES string of the molecule is CC(C)(C)/C=C/c1cc2ccc3cc(C(C)(C)C)sc3c2s1. The molecule has 0 spiro atoms. The lowest BCUT2D eigenvalue weighted by Gasteiger charge is -2.14. The van der Waals surface area contributed by atoms with Crippen molar-refractivity contribution in [3.05, 3.63) is 40.1 Å². The van der Waals surface area contributed by atoms with Crippen molar-refractivity contribution in [3.8, 4) is 0 Å². The number of fused-ring (bicyclic) bond motifs is 3. The molecular formula is C20H24S2. The van der Waals surface area contributed by atoms with E-state index < -0.39 is 0 Å². The van der Waals surface area contributed by atoms with Gasteiger partial charge < -0.3 is 0 Å². The highest BCUT2D eigenvalue weighted by atomic mass is 32.1. The highest BCUT2D eigenvalue weighted by molar-refractivity contribution is 7.27. The molecule has 2 aromatic heterocycles. The van der Waals surface area contributed by atoms with Gasteiger partial charge in [0, 0.05) is 9.75 Å². The molecule has 2 heterocycles. The van der Waals surface area contributed by atoms with Gasteiger partial charge in [0.05, 0.1) is 9.40 Å². The fraction of sp³-hybridized carbons (Fsp3) is 0.400. The second-order valence-corrected chi connectivity index (χ2v) is 10.2. The number of hydrogen-bond acceptors (Lipinski definition) is 2. The molecule has 0 aliphatic rings. The Morgan fingerprint density at radius 1 is 0.818 bits per heavy atom. The lowest BCUT2D eigenvalue weighted by Crippen LogP contribution is -2.07. The maximum atomic E-state index is 2.36. The predicted octanol–water partition coefficient (Wildman–Crippen LogP) is 7.47. The lowest BCUT2D eigenvalue weighted by atomic mass is 9.94. The minimum absolute atomic E-state index is 0.224. The van der Waals surface area contributed by atoms with Crippen molar-refractivity contribution in [2.75, 3.05) is 0 Å². The Labute approximate surface area is 141 Å². The van der Waals surface area contributed by atoms with Crippen LogP contribution in [0.15, 0.2) is 30.3 Å². The molecule has 22 heavy (non-hydrogen) atoms. The second-order valence-electron chi connectivity index (χ2n) is 8.11. The Balaban J connectivity index is 2.14. The van der Waals surface area contributed by atoms with Crippen molar-refractivity contribution in [1.82, 2.24) is 0 Å². The molecule has 116 valence electrons. The van der Waals surface area contributed by atoms with Gasteiger partial charge in [0.2, 0.25) is 0 Å². The minimum Gasteiger partial charge on any atom is -0.138 e. The van der Waals surface area contributed by atoms with Gasteiger partial charge in [0.25, 0.3) is 0 Å². The van der Waals surface area contributed by atoms with Gasteiger partial charge >= 0.3 is 0 Å². The molecular weight excluding hydrogens is 304 g/mol. The van der Waals surface area contributed by atoms with Crippen LogP contribution in [0.2, 0.25) is 0 Å². The maximum Gasteiger partial charge on any atom is 0.0527 e. The average molecular weight is 329 g/mol. The number of thiophene rings is 2. The van der Waals surface area contributed by atoms with Crippen molar-refractivity contribution < 1.29 is 0 Å². The van der Waals surface area contributed by atoms with Crippen molar-refractivity contribution in [1.29, 1.82) is 0 Å². The Hall–Kier alpha value is -1.12. The molecule has 0 aliphatic carbocycles. The summed E-state index contributed by atoms with van der Waals surface area (Å²) in [5.41, 5.74) is 0.454. The normalized spacial score (nSPS) is 13.7. The van der Waals surface area contributed by atoms with Crippen LogP contribution < -0.4 is 0 Å². The monoisotopic (exact) mass is 328 g/mol. The molecule has 0 bridgehead atoms. The smallest absolute Gasteiger partial charge is 0.0527 e. The lowest BCUT2D eigenvalue weighted by molar-refractivity contribution is 0.547. The maximum absolute atomic E-state index is 2.36. The summed E-state index contributed by atoms with van der Waals surface area (Å²) in [5, 5.41) is 2.75. The highest BCUT2D eigenvalue weighted by Crippen LogP contribution is 2.41. The zero-order valence-electron chi connectivity index (χ0n) is 14.3. The summed E-state index contributed by atoms with van der Waals surface area (Å²) in [6, 6.07) is 9.22. The van der Waals surface area contributed by atoms with Gasteiger partial charge in [-0.3, -0.25) is 0 Å².